The second kappa shape index (κ2) is 5.64. The molecule has 0 N–H and O–H groups in total. The number of carbonyl (C=O) groups excluding carboxylic acids is 1. The highest BCUT2D eigenvalue weighted by Gasteiger charge is 2.26. The molecular weight excluding hydrogens is 186 g/mol. The molecule has 1 atom stereocenters. The van der Waals surface area contributed by atoms with Crippen LogP contribution in [0.5, 0.6) is 0 Å². The highest BCUT2D eigenvalue weighted by Crippen LogP contribution is 2.28. The van der Waals surface area contributed by atoms with Crippen LogP contribution in [0.3, 0.4) is 0 Å². The molecule has 1 saturated carbocycles. The van der Waals surface area contributed by atoms with Crippen molar-refractivity contribution >= 4 is 6.29 Å². The fourth-order valence-electron chi connectivity index (χ4n) is 2.54. The van der Waals surface area contributed by atoms with Gasteiger partial charge in [-0.1, -0.05) is 26.7 Å². The van der Waals surface area contributed by atoms with Gasteiger partial charge in [0.15, 0.2) is 0 Å². The molecule has 0 amide bonds. The third-order valence-electron chi connectivity index (χ3n) is 3.53. The van der Waals surface area contributed by atoms with E-state index in [0.717, 1.165) is 31.6 Å². The quantitative estimate of drug-likeness (QED) is 0.603. The molecule has 2 nitrogen and oxygen atoms in total. The number of hydrogen-bond acceptors (Lipinski definition) is 2. The Hall–Kier alpha value is -0.370. The minimum Gasteiger partial charge on any atom is -0.305 e. The van der Waals surface area contributed by atoms with Crippen LogP contribution in [-0.2, 0) is 4.79 Å². The summed E-state index contributed by atoms with van der Waals surface area (Å²) in [6.07, 6.45) is 7.41. The van der Waals surface area contributed by atoms with E-state index in [2.05, 4.69) is 25.8 Å². The smallest absolute Gasteiger partial charge is 0.127 e. The highest BCUT2D eigenvalue weighted by molar-refractivity contribution is 5.58. The van der Waals surface area contributed by atoms with Gasteiger partial charge in [0.1, 0.15) is 6.29 Å². The van der Waals surface area contributed by atoms with Gasteiger partial charge >= 0.3 is 0 Å². The van der Waals surface area contributed by atoms with E-state index in [1.54, 1.807) is 0 Å². The Labute approximate surface area is 94.0 Å². The van der Waals surface area contributed by atoms with Crippen LogP contribution in [0.1, 0.15) is 46.0 Å². The largest absolute Gasteiger partial charge is 0.305 e. The van der Waals surface area contributed by atoms with Gasteiger partial charge in [-0.05, 0) is 32.2 Å². The Morgan fingerprint density at radius 1 is 1.47 bits per heavy atom. The highest BCUT2D eigenvalue weighted by atomic mass is 16.1. The molecule has 0 saturated heterocycles. The summed E-state index contributed by atoms with van der Waals surface area (Å²) in [5.41, 5.74) is -0.132. The lowest BCUT2D eigenvalue weighted by Crippen LogP contribution is -2.38. The van der Waals surface area contributed by atoms with E-state index in [0.29, 0.717) is 0 Å². The first-order valence-corrected chi connectivity index (χ1v) is 6.24. The molecule has 0 aromatic heterocycles. The molecule has 88 valence electrons. The summed E-state index contributed by atoms with van der Waals surface area (Å²) in [6, 6.07) is 0. The Morgan fingerprint density at radius 2 is 2.13 bits per heavy atom. The van der Waals surface area contributed by atoms with Gasteiger partial charge in [-0.2, -0.15) is 0 Å². The maximum Gasteiger partial charge on any atom is 0.127 e. The fraction of sp³-hybridized carbons (Fsp3) is 0.923. The van der Waals surface area contributed by atoms with Crippen molar-refractivity contribution in [3.8, 4) is 0 Å². The minimum atomic E-state index is -0.132. The molecule has 1 aliphatic carbocycles. The molecule has 0 aromatic carbocycles. The molecule has 1 fully saturated rings. The van der Waals surface area contributed by atoms with Crippen LogP contribution in [0.4, 0.5) is 0 Å². The van der Waals surface area contributed by atoms with Crippen LogP contribution in [0.25, 0.3) is 0 Å². The van der Waals surface area contributed by atoms with Crippen molar-refractivity contribution in [3.63, 3.8) is 0 Å². The first-order valence-electron chi connectivity index (χ1n) is 6.24. The molecule has 15 heavy (non-hydrogen) atoms. The summed E-state index contributed by atoms with van der Waals surface area (Å²) in [5.74, 6) is 0.896. The van der Waals surface area contributed by atoms with E-state index in [-0.39, 0.29) is 5.41 Å². The SMILES string of the molecule is CCCC(C)(C=O)CN(C)CC1CCC1. The second-order valence-corrected chi connectivity index (χ2v) is 5.52. The van der Waals surface area contributed by atoms with Crippen molar-refractivity contribution in [2.45, 2.75) is 46.0 Å². The zero-order chi connectivity index (χ0) is 11.3. The normalized spacial score (nSPS) is 21.1. The maximum absolute atomic E-state index is 11.1. The number of rotatable bonds is 7. The maximum atomic E-state index is 11.1. The lowest BCUT2D eigenvalue weighted by atomic mass is 9.83. The van der Waals surface area contributed by atoms with Crippen molar-refractivity contribution in [2.75, 3.05) is 20.1 Å². The zero-order valence-electron chi connectivity index (χ0n) is 10.5. The van der Waals surface area contributed by atoms with Crippen LogP contribution < -0.4 is 0 Å². The van der Waals surface area contributed by atoms with Crippen LogP contribution in [0.15, 0.2) is 0 Å². The molecule has 0 radical (unpaired) electrons. The third kappa shape index (κ3) is 3.94. The molecular formula is C13H25NO. The topological polar surface area (TPSA) is 20.3 Å². The summed E-state index contributed by atoms with van der Waals surface area (Å²) in [4.78, 5) is 13.4. The minimum absolute atomic E-state index is 0.132. The summed E-state index contributed by atoms with van der Waals surface area (Å²) < 4.78 is 0. The third-order valence-corrected chi connectivity index (χ3v) is 3.53. The zero-order valence-corrected chi connectivity index (χ0v) is 10.5. The molecule has 1 rings (SSSR count). The second-order valence-electron chi connectivity index (χ2n) is 5.52. The Bertz CT molecular complexity index is 201. The van der Waals surface area contributed by atoms with E-state index < -0.39 is 0 Å². The van der Waals surface area contributed by atoms with E-state index >= 15 is 0 Å². The van der Waals surface area contributed by atoms with Gasteiger partial charge in [-0.3, -0.25) is 0 Å². The Morgan fingerprint density at radius 3 is 2.53 bits per heavy atom. The van der Waals surface area contributed by atoms with Crippen LogP contribution >= 0.6 is 0 Å². The van der Waals surface area contributed by atoms with Gasteiger partial charge in [-0.25, -0.2) is 0 Å². The predicted molar refractivity (Wildman–Crippen MR) is 63.9 cm³/mol. The number of nitrogens with zero attached hydrogens (tertiary/aromatic N) is 1. The molecule has 0 bridgehead atoms. The molecule has 0 spiro atoms. The fourth-order valence-corrected chi connectivity index (χ4v) is 2.54. The number of aldehydes is 1. The van der Waals surface area contributed by atoms with Crippen molar-refractivity contribution in [1.82, 2.24) is 4.90 Å². The van der Waals surface area contributed by atoms with Gasteiger partial charge in [0.25, 0.3) is 0 Å². The lowest BCUT2D eigenvalue weighted by Gasteiger charge is -2.34. The van der Waals surface area contributed by atoms with Gasteiger partial charge in [0.2, 0.25) is 0 Å². The first kappa shape index (κ1) is 12.7. The van der Waals surface area contributed by atoms with E-state index in [1.807, 2.05) is 0 Å². The van der Waals surface area contributed by atoms with Gasteiger partial charge < -0.3 is 9.69 Å². The van der Waals surface area contributed by atoms with Crippen LogP contribution in [-0.4, -0.2) is 31.3 Å². The van der Waals surface area contributed by atoms with Crippen LogP contribution in [0, 0.1) is 11.3 Å². The predicted octanol–water partition coefficient (Wildman–Crippen LogP) is 2.72. The summed E-state index contributed by atoms with van der Waals surface area (Å²) in [5, 5.41) is 0. The van der Waals surface area contributed by atoms with Gasteiger partial charge in [-0.15, -0.1) is 0 Å². The average Bonchev–Trinajstić information content (AvgIpc) is 2.12. The molecule has 0 aromatic rings. The summed E-state index contributed by atoms with van der Waals surface area (Å²) in [6.45, 7) is 6.32. The summed E-state index contributed by atoms with van der Waals surface area (Å²) >= 11 is 0. The first-order chi connectivity index (χ1) is 7.09. The molecule has 0 heterocycles. The molecule has 2 heteroatoms. The molecule has 1 aliphatic rings. The van der Waals surface area contributed by atoms with Gasteiger partial charge in [0, 0.05) is 18.5 Å². The van der Waals surface area contributed by atoms with Crippen molar-refractivity contribution in [3.05, 3.63) is 0 Å². The van der Waals surface area contributed by atoms with Crippen molar-refractivity contribution in [1.29, 1.82) is 0 Å². The van der Waals surface area contributed by atoms with E-state index in [1.165, 1.54) is 25.8 Å². The molecule has 1 unspecified atom stereocenters. The number of hydrogen-bond donors (Lipinski definition) is 0. The number of carbonyl (C=O) groups is 1. The molecule has 0 aliphatic heterocycles. The van der Waals surface area contributed by atoms with Gasteiger partial charge in [0.05, 0.1) is 0 Å². The monoisotopic (exact) mass is 211 g/mol. The van der Waals surface area contributed by atoms with Crippen molar-refractivity contribution < 1.29 is 4.79 Å². The van der Waals surface area contributed by atoms with E-state index in [4.69, 9.17) is 0 Å². The summed E-state index contributed by atoms with van der Waals surface area (Å²) in [7, 11) is 2.15. The Balaban J connectivity index is 2.32. The Kier molecular flexibility index (Phi) is 4.78. The van der Waals surface area contributed by atoms with E-state index in [9.17, 15) is 4.79 Å². The average molecular weight is 211 g/mol. The standard InChI is InChI=1S/C13H25NO/c1-4-8-13(2,11-15)10-14(3)9-12-6-5-7-12/h11-12H,4-10H2,1-3H3. The van der Waals surface area contributed by atoms with Crippen molar-refractivity contribution in [2.24, 2.45) is 11.3 Å². The lowest BCUT2D eigenvalue weighted by molar-refractivity contribution is -0.116. The van der Waals surface area contributed by atoms with Crippen LogP contribution in [0.2, 0.25) is 0 Å².